The minimum absolute atomic E-state index is 0.337. The zero-order valence-corrected chi connectivity index (χ0v) is 10.4. The van der Waals surface area contributed by atoms with Crippen LogP contribution >= 0.6 is 0 Å². The Morgan fingerprint density at radius 3 is 2.60 bits per heavy atom. The van der Waals surface area contributed by atoms with Crippen molar-refractivity contribution < 1.29 is 4.74 Å². The highest BCUT2D eigenvalue weighted by molar-refractivity contribution is 4.94. The van der Waals surface area contributed by atoms with Gasteiger partial charge in [-0.1, -0.05) is 57.6 Å². The van der Waals surface area contributed by atoms with Gasteiger partial charge in [-0.25, -0.2) is 0 Å². The second-order valence-corrected chi connectivity index (χ2v) is 4.68. The van der Waals surface area contributed by atoms with Crippen LogP contribution in [0.25, 0.3) is 0 Å². The van der Waals surface area contributed by atoms with Gasteiger partial charge < -0.3 is 4.74 Å². The fourth-order valence-electron chi connectivity index (χ4n) is 2.16. The second-order valence-electron chi connectivity index (χ2n) is 4.68. The van der Waals surface area contributed by atoms with E-state index in [1.807, 2.05) is 0 Å². The molecule has 0 saturated heterocycles. The number of hydrogen-bond donors (Lipinski definition) is 0. The normalized spacial score (nSPS) is 25.7. The summed E-state index contributed by atoms with van der Waals surface area (Å²) in [6.07, 6.45) is 15.9. The SMILES string of the molecule is CCCCCCCC[C@H]1CC=C[C@@H](C)O1. The third kappa shape index (κ3) is 5.99. The molecule has 0 radical (unpaired) electrons. The van der Waals surface area contributed by atoms with Crippen molar-refractivity contribution in [2.45, 2.75) is 77.4 Å². The number of ether oxygens (including phenoxy) is 1. The van der Waals surface area contributed by atoms with Crippen molar-refractivity contribution in [3.8, 4) is 0 Å². The summed E-state index contributed by atoms with van der Waals surface area (Å²) in [5.74, 6) is 0. The van der Waals surface area contributed by atoms with Crippen LogP contribution in [0.2, 0.25) is 0 Å². The Hall–Kier alpha value is -0.300. The van der Waals surface area contributed by atoms with Gasteiger partial charge in [-0.15, -0.1) is 0 Å². The van der Waals surface area contributed by atoms with E-state index in [4.69, 9.17) is 4.74 Å². The van der Waals surface area contributed by atoms with Crippen molar-refractivity contribution in [3.63, 3.8) is 0 Å². The van der Waals surface area contributed by atoms with Gasteiger partial charge in [0, 0.05) is 0 Å². The summed E-state index contributed by atoms with van der Waals surface area (Å²) in [6, 6.07) is 0. The van der Waals surface area contributed by atoms with Gasteiger partial charge in [0.15, 0.2) is 0 Å². The summed E-state index contributed by atoms with van der Waals surface area (Å²) >= 11 is 0. The topological polar surface area (TPSA) is 9.23 Å². The quantitative estimate of drug-likeness (QED) is 0.445. The molecule has 1 aliphatic heterocycles. The van der Waals surface area contributed by atoms with Gasteiger partial charge in [0.2, 0.25) is 0 Å². The molecule has 0 fully saturated rings. The summed E-state index contributed by atoms with van der Waals surface area (Å²) in [5, 5.41) is 0. The highest BCUT2D eigenvalue weighted by Crippen LogP contribution is 2.18. The van der Waals surface area contributed by atoms with Crippen LogP contribution in [0.3, 0.4) is 0 Å². The summed E-state index contributed by atoms with van der Waals surface area (Å²) < 4.78 is 5.83. The maximum Gasteiger partial charge on any atom is 0.0731 e. The van der Waals surface area contributed by atoms with Crippen molar-refractivity contribution in [2.24, 2.45) is 0 Å². The molecule has 0 unspecified atom stereocenters. The molecule has 1 heteroatoms. The standard InChI is InChI=1S/C14H26O/c1-3-4-5-6-7-8-11-14-12-9-10-13(2)15-14/h9-10,13-14H,3-8,11-12H2,1-2H3/t13-,14+/m1/s1. The van der Waals surface area contributed by atoms with Crippen LogP contribution in [0, 0.1) is 0 Å². The van der Waals surface area contributed by atoms with Gasteiger partial charge >= 0.3 is 0 Å². The maximum atomic E-state index is 5.83. The molecule has 0 N–H and O–H groups in total. The van der Waals surface area contributed by atoms with E-state index in [1.165, 1.54) is 44.9 Å². The first-order valence-corrected chi connectivity index (χ1v) is 6.65. The Morgan fingerprint density at radius 2 is 1.87 bits per heavy atom. The van der Waals surface area contributed by atoms with Crippen LogP contribution in [0.4, 0.5) is 0 Å². The molecule has 2 atom stereocenters. The lowest BCUT2D eigenvalue weighted by Gasteiger charge is -2.23. The number of hydrogen-bond acceptors (Lipinski definition) is 1. The van der Waals surface area contributed by atoms with Crippen molar-refractivity contribution in [1.29, 1.82) is 0 Å². The second kappa shape index (κ2) is 7.92. The van der Waals surface area contributed by atoms with Crippen LogP contribution in [-0.2, 0) is 4.74 Å². The molecular formula is C14H26O. The Kier molecular flexibility index (Phi) is 6.74. The number of rotatable bonds is 7. The average Bonchev–Trinajstić information content (AvgIpc) is 2.23. The van der Waals surface area contributed by atoms with E-state index in [0.29, 0.717) is 12.2 Å². The molecule has 15 heavy (non-hydrogen) atoms. The van der Waals surface area contributed by atoms with Crippen LogP contribution < -0.4 is 0 Å². The Labute approximate surface area is 94.9 Å². The molecule has 0 bridgehead atoms. The summed E-state index contributed by atoms with van der Waals surface area (Å²) in [5.41, 5.74) is 0. The van der Waals surface area contributed by atoms with E-state index in [-0.39, 0.29) is 0 Å². The fourth-order valence-corrected chi connectivity index (χ4v) is 2.16. The van der Waals surface area contributed by atoms with E-state index in [9.17, 15) is 0 Å². The third-order valence-electron chi connectivity index (χ3n) is 3.09. The van der Waals surface area contributed by atoms with E-state index in [1.54, 1.807) is 0 Å². The highest BCUT2D eigenvalue weighted by Gasteiger charge is 2.13. The van der Waals surface area contributed by atoms with Gasteiger partial charge in [0.25, 0.3) is 0 Å². The molecule has 1 rings (SSSR count). The summed E-state index contributed by atoms with van der Waals surface area (Å²) in [4.78, 5) is 0. The number of unbranched alkanes of at least 4 members (excludes halogenated alkanes) is 5. The molecule has 1 aliphatic rings. The Morgan fingerprint density at radius 1 is 1.13 bits per heavy atom. The summed E-state index contributed by atoms with van der Waals surface area (Å²) in [6.45, 7) is 4.40. The highest BCUT2D eigenvalue weighted by atomic mass is 16.5. The van der Waals surface area contributed by atoms with E-state index in [2.05, 4.69) is 26.0 Å². The van der Waals surface area contributed by atoms with Gasteiger partial charge in [-0.05, 0) is 19.8 Å². The molecule has 0 aliphatic carbocycles. The Balaban J connectivity index is 1.94. The first-order chi connectivity index (χ1) is 7.33. The predicted molar refractivity (Wildman–Crippen MR) is 66.1 cm³/mol. The van der Waals surface area contributed by atoms with Crippen LogP contribution in [0.5, 0.6) is 0 Å². The molecule has 0 aromatic carbocycles. The zero-order valence-electron chi connectivity index (χ0n) is 10.4. The van der Waals surface area contributed by atoms with Crippen LogP contribution in [0.15, 0.2) is 12.2 Å². The largest absolute Gasteiger partial charge is 0.371 e. The van der Waals surface area contributed by atoms with Crippen LogP contribution in [0.1, 0.15) is 65.2 Å². The Bertz CT molecular complexity index is 174. The van der Waals surface area contributed by atoms with Crippen molar-refractivity contribution in [3.05, 3.63) is 12.2 Å². The molecular weight excluding hydrogens is 184 g/mol. The van der Waals surface area contributed by atoms with Crippen molar-refractivity contribution in [1.82, 2.24) is 0 Å². The molecule has 0 amide bonds. The minimum atomic E-state index is 0.337. The first kappa shape index (κ1) is 12.8. The first-order valence-electron chi connectivity index (χ1n) is 6.65. The maximum absolute atomic E-state index is 5.83. The molecule has 1 heterocycles. The van der Waals surface area contributed by atoms with Crippen molar-refractivity contribution >= 4 is 0 Å². The molecule has 0 aromatic rings. The third-order valence-corrected chi connectivity index (χ3v) is 3.09. The van der Waals surface area contributed by atoms with Crippen LogP contribution in [-0.4, -0.2) is 12.2 Å². The lowest BCUT2D eigenvalue weighted by atomic mass is 10.0. The monoisotopic (exact) mass is 210 g/mol. The van der Waals surface area contributed by atoms with Gasteiger partial charge in [0.05, 0.1) is 12.2 Å². The minimum Gasteiger partial charge on any atom is -0.371 e. The fraction of sp³-hybridized carbons (Fsp3) is 0.857. The van der Waals surface area contributed by atoms with E-state index in [0.717, 1.165) is 6.42 Å². The van der Waals surface area contributed by atoms with E-state index >= 15 is 0 Å². The molecule has 0 aromatic heterocycles. The van der Waals surface area contributed by atoms with Gasteiger partial charge in [-0.3, -0.25) is 0 Å². The zero-order chi connectivity index (χ0) is 10.9. The van der Waals surface area contributed by atoms with E-state index < -0.39 is 0 Å². The lowest BCUT2D eigenvalue weighted by Crippen LogP contribution is -2.21. The lowest BCUT2D eigenvalue weighted by molar-refractivity contribution is 0.00962. The average molecular weight is 210 g/mol. The molecule has 0 spiro atoms. The summed E-state index contributed by atoms with van der Waals surface area (Å²) in [7, 11) is 0. The van der Waals surface area contributed by atoms with Gasteiger partial charge in [0.1, 0.15) is 0 Å². The van der Waals surface area contributed by atoms with Gasteiger partial charge in [-0.2, -0.15) is 0 Å². The molecule has 1 nitrogen and oxygen atoms in total. The predicted octanol–water partition coefficient (Wildman–Crippen LogP) is 4.47. The van der Waals surface area contributed by atoms with Crippen molar-refractivity contribution in [2.75, 3.05) is 0 Å². The molecule has 88 valence electrons. The molecule has 0 saturated carbocycles. The smallest absolute Gasteiger partial charge is 0.0731 e.